The van der Waals surface area contributed by atoms with Gasteiger partial charge in [0, 0.05) is 9.35 Å². The Bertz CT molecular complexity index is 958. The molecule has 29 heavy (non-hydrogen) atoms. The summed E-state index contributed by atoms with van der Waals surface area (Å²) in [4.78, 5) is 25.6. The van der Waals surface area contributed by atoms with Gasteiger partial charge in [-0.2, -0.15) is 0 Å². The number of carbonyl (C=O) groups is 2. The fourth-order valence-corrected chi connectivity index (χ4v) is 5.22. The largest absolute Gasteiger partial charge is 0.483 e. The molecule has 0 spiro atoms. The molecular formula is C20H21BrN2O4S2. The van der Waals surface area contributed by atoms with Crippen LogP contribution in [0.3, 0.4) is 0 Å². The van der Waals surface area contributed by atoms with Crippen LogP contribution in [0, 0.1) is 6.92 Å². The minimum absolute atomic E-state index is 0.120. The number of ether oxygens (including phenoxy) is 2. The summed E-state index contributed by atoms with van der Waals surface area (Å²) in [6.07, 6.45) is 3.92. The van der Waals surface area contributed by atoms with Crippen molar-refractivity contribution in [2.24, 2.45) is 0 Å². The summed E-state index contributed by atoms with van der Waals surface area (Å²) >= 11 is 10.1. The maximum atomic E-state index is 12.3. The van der Waals surface area contributed by atoms with E-state index >= 15 is 0 Å². The number of hydrogen-bond acceptors (Lipinski definition) is 6. The fourth-order valence-electron chi connectivity index (χ4n) is 3.19. The molecule has 1 aromatic heterocycles. The number of fused-ring (bicyclic) bond motifs is 1. The van der Waals surface area contributed by atoms with Crippen LogP contribution in [0.25, 0.3) is 0 Å². The van der Waals surface area contributed by atoms with E-state index in [1.54, 1.807) is 6.07 Å². The van der Waals surface area contributed by atoms with E-state index in [-0.39, 0.29) is 17.6 Å². The molecule has 0 unspecified atom stereocenters. The second kappa shape index (κ2) is 9.69. The lowest BCUT2D eigenvalue weighted by atomic mass is 9.95. The Morgan fingerprint density at radius 2 is 2.03 bits per heavy atom. The number of hydrogen-bond donors (Lipinski definition) is 2. The van der Waals surface area contributed by atoms with Crippen LogP contribution in [0.1, 0.15) is 39.2 Å². The summed E-state index contributed by atoms with van der Waals surface area (Å²) in [5, 5.41) is 6.31. The molecule has 0 radical (unpaired) electrons. The number of esters is 1. The molecule has 2 N–H and O–H groups in total. The summed E-state index contributed by atoms with van der Waals surface area (Å²) in [6.45, 7) is 1.73. The van der Waals surface area contributed by atoms with Gasteiger partial charge in [0.1, 0.15) is 10.8 Å². The lowest BCUT2D eigenvalue weighted by Gasteiger charge is -2.13. The maximum Gasteiger partial charge on any atom is 0.341 e. The van der Waals surface area contributed by atoms with Gasteiger partial charge in [0.2, 0.25) is 0 Å². The van der Waals surface area contributed by atoms with Crippen LogP contribution in [0.2, 0.25) is 0 Å². The van der Waals surface area contributed by atoms with Gasteiger partial charge in [-0.3, -0.25) is 10.1 Å². The number of thiocarbonyl (C=S) groups is 1. The van der Waals surface area contributed by atoms with Crippen LogP contribution in [-0.4, -0.2) is 30.7 Å². The van der Waals surface area contributed by atoms with Gasteiger partial charge < -0.3 is 14.8 Å². The number of halogens is 1. The van der Waals surface area contributed by atoms with Crippen LogP contribution >= 0.6 is 39.5 Å². The van der Waals surface area contributed by atoms with Crippen molar-refractivity contribution >= 4 is 61.5 Å². The topological polar surface area (TPSA) is 76.7 Å². The van der Waals surface area contributed by atoms with Gasteiger partial charge in [0.15, 0.2) is 11.7 Å². The van der Waals surface area contributed by atoms with Gasteiger partial charge >= 0.3 is 5.97 Å². The number of thiophene rings is 1. The Kier molecular flexibility index (Phi) is 7.26. The highest BCUT2D eigenvalue weighted by Crippen LogP contribution is 2.38. The number of benzene rings is 1. The molecule has 0 aliphatic heterocycles. The fraction of sp³-hybridized carbons (Fsp3) is 0.350. The Morgan fingerprint density at radius 1 is 1.28 bits per heavy atom. The van der Waals surface area contributed by atoms with E-state index < -0.39 is 5.97 Å². The minimum Gasteiger partial charge on any atom is -0.483 e. The van der Waals surface area contributed by atoms with Crippen molar-refractivity contribution in [2.75, 3.05) is 19.0 Å². The number of nitrogens with one attached hydrogen (secondary N) is 2. The van der Waals surface area contributed by atoms with Crippen LogP contribution < -0.4 is 15.4 Å². The quantitative estimate of drug-likeness (QED) is 0.472. The third-order valence-corrected chi connectivity index (χ3v) is 6.44. The van der Waals surface area contributed by atoms with Crippen LogP contribution in [-0.2, 0) is 22.4 Å². The van der Waals surface area contributed by atoms with E-state index in [1.807, 2.05) is 19.1 Å². The molecule has 1 aromatic carbocycles. The summed E-state index contributed by atoms with van der Waals surface area (Å²) in [5.74, 6) is -0.151. The number of anilines is 1. The third-order valence-electron chi connectivity index (χ3n) is 4.54. The first kappa shape index (κ1) is 21.7. The number of aryl methyl sites for hydroxylation is 2. The third kappa shape index (κ3) is 5.34. The van der Waals surface area contributed by atoms with E-state index in [0.29, 0.717) is 16.3 Å². The highest BCUT2D eigenvalue weighted by molar-refractivity contribution is 9.10. The summed E-state index contributed by atoms with van der Waals surface area (Å²) in [6, 6.07) is 5.55. The average Bonchev–Trinajstić information content (AvgIpc) is 3.04. The first-order valence-corrected chi connectivity index (χ1v) is 11.1. The molecule has 1 heterocycles. The van der Waals surface area contributed by atoms with Crippen LogP contribution in [0.4, 0.5) is 5.00 Å². The zero-order chi connectivity index (χ0) is 21.0. The van der Waals surface area contributed by atoms with Crippen molar-refractivity contribution < 1.29 is 19.1 Å². The number of amides is 1. The molecule has 154 valence electrons. The minimum atomic E-state index is -0.393. The van der Waals surface area contributed by atoms with Crippen molar-refractivity contribution in [1.82, 2.24) is 5.32 Å². The SMILES string of the molecule is COC(=O)c1c(NC(=S)NC(=O)COc2ccc(Br)cc2C)sc2c1CCCC2. The second-order valence-corrected chi connectivity index (χ2v) is 9.04. The number of rotatable bonds is 5. The van der Waals surface area contributed by atoms with Crippen molar-refractivity contribution in [1.29, 1.82) is 0 Å². The van der Waals surface area contributed by atoms with E-state index in [1.165, 1.54) is 23.3 Å². The Morgan fingerprint density at radius 3 is 2.76 bits per heavy atom. The lowest BCUT2D eigenvalue weighted by Crippen LogP contribution is -2.37. The Hall–Kier alpha value is -1.97. The van der Waals surface area contributed by atoms with Crippen molar-refractivity contribution in [3.8, 4) is 5.75 Å². The monoisotopic (exact) mass is 496 g/mol. The van der Waals surface area contributed by atoms with Crippen LogP contribution in [0.5, 0.6) is 5.75 Å². The molecule has 6 nitrogen and oxygen atoms in total. The molecule has 0 fully saturated rings. The van der Waals surface area contributed by atoms with Crippen LogP contribution in [0.15, 0.2) is 22.7 Å². The molecule has 0 atom stereocenters. The molecule has 0 saturated carbocycles. The maximum absolute atomic E-state index is 12.3. The smallest absolute Gasteiger partial charge is 0.341 e. The van der Waals surface area contributed by atoms with Gasteiger partial charge in [-0.25, -0.2) is 4.79 Å². The van der Waals surface area contributed by atoms with E-state index in [9.17, 15) is 9.59 Å². The van der Waals surface area contributed by atoms with Gasteiger partial charge in [0.05, 0.1) is 12.7 Å². The van der Waals surface area contributed by atoms with Gasteiger partial charge in [-0.15, -0.1) is 11.3 Å². The molecular weight excluding hydrogens is 476 g/mol. The summed E-state index contributed by atoms with van der Waals surface area (Å²) < 4.78 is 11.4. The van der Waals surface area contributed by atoms with Gasteiger partial charge in [0.25, 0.3) is 5.91 Å². The molecule has 1 amide bonds. The van der Waals surface area contributed by atoms with Crippen molar-refractivity contribution in [3.63, 3.8) is 0 Å². The average molecular weight is 497 g/mol. The summed E-state index contributed by atoms with van der Waals surface area (Å²) in [7, 11) is 1.36. The standard InChI is InChI=1S/C20H21BrN2O4S2/c1-11-9-12(21)7-8-14(11)27-10-16(24)22-20(28)23-18-17(19(25)26-2)13-5-3-4-6-15(13)29-18/h7-9H,3-6,10H2,1-2H3,(H2,22,23,24,28). The van der Waals surface area contributed by atoms with Crippen molar-refractivity contribution in [2.45, 2.75) is 32.6 Å². The normalized spacial score (nSPS) is 12.7. The zero-order valence-corrected chi connectivity index (χ0v) is 19.3. The molecule has 0 bridgehead atoms. The van der Waals surface area contributed by atoms with Gasteiger partial charge in [-0.1, -0.05) is 15.9 Å². The molecule has 2 aromatic rings. The highest BCUT2D eigenvalue weighted by atomic mass is 79.9. The predicted octanol–water partition coefficient (Wildman–Crippen LogP) is 4.38. The molecule has 0 saturated heterocycles. The predicted molar refractivity (Wildman–Crippen MR) is 121 cm³/mol. The van der Waals surface area contributed by atoms with E-state index in [0.717, 1.165) is 41.3 Å². The van der Waals surface area contributed by atoms with Gasteiger partial charge in [-0.05, 0) is 74.2 Å². The number of methoxy groups -OCH3 is 1. The zero-order valence-electron chi connectivity index (χ0n) is 16.1. The Balaban J connectivity index is 1.62. The molecule has 1 aliphatic rings. The highest BCUT2D eigenvalue weighted by Gasteiger charge is 2.26. The second-order valence-electron chi connectivity index (χ2n) is 6.61. The van der Waals surface area contributed by atoms with E-state index in [4.69, 9.17) is 21.7 Å². The first-order chi connectivity index (χ1) is 13.9. The first-order valence-electron chi connectivity index (χ1n) is 9.11. The van der Waals surface area contributed by atoms with E-state index in [2.05, 4.69) is 26.6 Å². The summed E-state index contributed by atoms with van der Waals surface area (Å²) in [5.41, 5.74) is 2.46. The number of carbonyl (C=O) groups excluding carboxylic acids is 2. The Labute approximate surface area is 187 Å². The molecule has 9 heteroatoms. The van der Waals surface area contributed by atoms with Crippen molar-refractivity contribution in [3.05, 3.63) is 44.2 Å². The molecule has 1 aliphatic carbocycles. The lowest BCUT2D eigenvalue weighted by molar-refractivity contribution is -0.121. The molecule has 3 rings (SSSR count).